The fourth-order valence-electron chi connectivity index (χ4n) is 4.53. The summed E-state index contributed by atoms with van der Waals surface area (Å²) in [5.74, 6) is 1.27. The molecule has 0 N–H and O–H groups in total. The molecule has 1 fully saturated rings. The van der Waals surface area contributed by atoms with Crippen molar-refractivity contribution in [2.75, 3.05) is 0 Å². The predicted octanol–water partition coefficient (Wildman–Crippen LogP) is 7.94. The highest BCUT2D eigenvalue weighted by molar-refractivity contribution is 5.96. The maximum Gasteiger partial charge on any atom is 0.162 e. The van der Waals surface area contributed by atoms with Gasteiger partial charge in [0, 0.05) is 17.5 Å². The fraction of sp³-hybridized carbons (Fsp3) is 0.500. The summed E-state index contributed by atoms with van der Waals surface area (Å²) in [4.78, 5) is 12.1. The topological polar surface area (TPSA) is 17.1 Å². The number of carbonyl (C=O) groups excluding carboxylic acids is 1. The molecule has 2 aromatic carbocycles. The summed E-state index contributed by atoms with van der Waals surface area (Å²) in [5.41, 5.74) is 3.32. The normalized spacial score (nSPS) is 19.5. The first kappa shape index (κ1) is 20.8. The van der Waals surface area contributed by atoms with Gasteiger partial charge in [0.15, 0.2) is 5.78 Å². The lowest BCUT2D eigenvalue weighted by atomic mass is 9.77. The molecular weight excluding hydrogens is 347 g/mol. The first-order valence-electron chi connectivity index (χ1n) is 11.1. The molecule has 0 amide bonds. The zero-order valence-corrected chi connectivity index (χ0v) is 17.3. The number of benzene rings is 2. The van der Waals surface area contributed by atoms with Gasteiger partial charge in [0.1, 0.15) is 5.82 Å². The van der Waals surface area contributed by atoms with Crippen molar-refractivity contribution in [3.63, 3.8) is 0 Å². The van der Waals surface area contributed by atoms with E-state index in [0.717, 1.165) is 24.3 Å². The zero-order chi connectivity index (χ0) is 19.9. The minimum absolute atomic E-state index is 0.0290. The monoisotopic (exact) mass is 380 g/mol. The van der Waals surface area contributed by atoms with Gasteiger partial charge in [-0.2, -0.15) is 0 Å². The number of carbonyl (C=O) groups is 1. The van der Waals surface area contributed by atoms with Gasteiger partial charge in [0.2, 0.25) is 0 Å². The maximum absolute atomic E-state index is 14.6. The molecule has 28 heavy (non-hydrogen) atoms. The molecule has 1 saturated carbocycles. The Hall–Kier alpha value is -1.96. The molecule has 0 aromatic heterocycles. The molecule has 0 aliphatic heterocycles. The van der Waals surface area contributed by atoms with Crippen LogP contribution in [-0.4, -0.2) is 5.78 Å². The van der Waals surface area contributed by atoms with E-state index in [1.165, 1.54) is 50.2 Å². The Bertz CT molecular complexity index is 770. The molecule has 2 heteroatoms. The summed E-state index contributed by atoms with van der Waals surface area (Å²) in [6.07, 6.45) is 10.2. The third kappa shape index (κ3) is 5.10. The van der Waals surface area contributed by atoms with E-state index in [9.17, 15) is 9.18 Å². The highest BCUT2D eigenvalue weighted by atomic mass is 19.1. The molecule has 0 heterocycles. The van der Waals surface area contributed by atoms with Crippen molar-refractivity contribution >= 4 is 5.78 Å². The van der Waals surface area contributed by atoms with E-state index in [-0.39, 0.29) is 11.6 Å². The van der Waals surface area contributed by atoms with E-state index in [1.807, 2.05) is 12.1 Å². The summed E-state index contributed by atoms with van der Waals surface area (Å²) < 4.78 is 14.6. The Morgan fingerprint density at radius 3 is 2.29 bits per heavy atom. The van der Waals surface area contributed by atoms with Crippen molar-refractivity contribution < 1.29 is 9.18 Å². The van der Waals surface area contributed by atoms with Crippen molar-refractivity contribution in [1.82, 2.24) is 0 Å². The summed E-state index contributed by atoms with van der Waals surface area (Å²) in [6, 6.07) is 13.3. The average Bonchev–Trinajstić information content (AvgIpc) is 2.73. The van der Waals surface area contributed by atoms with E-state index < -0.39 is 0 Å². The standard InChI is InChI=1S/C26H33FO/c1-3-5-7-26(28)23-16-17-24(25(27)18-23)22-14-12-21(13-15-22)20-10-8-19(6-4-2)9-11-20/h12-20H,3-11H2,1-2H3. The van der Waals surface area contributed by atoms with E-state index in [2.05, 4.69) is 26.0 Å². The van der Waals surface area contributed by atoms with E-state index in [4.69, 9.17) is 0 Å². The smallest absolute Gasteiger partial charge is 0.162 e. The highest BCUT2D eigenvalue weighted by Crippen LogP contribution is 2.38. The molecule has 0 atom stereocenters. The summed E-state index contributed by atoms with van der Waals surface area (Å²) in [6.45, 7) is 4.33. The van der Waals surface area contributed by atoms with Gasteiger partial charge in [-0.15, -0.1) is 0 Å². The summed E-state index contributed by atoms with van der Waals surface area (Å²) in [7, 11) is 0. The van der Waals surface area contributed by atoms with Crippen LogP contribution in [0.15, 0.2) is 42.5 Å². The number of unbranched alkanes of at least 4 members (excludes halogenated alkanes) is 1. The van der Waals surface area contributed by atoms with Gasteiger partial charge in [-0.3, -0.25) is 4.79 Å². The fourth-order valence-corrected chi connectivity index (χ4v) is 4.53. The second kappa shape index (κ2) is 10.0. The number of ketones is 1. The van der Waals surface area contributed by atoms with Gasteiger partial charge < -0.3 is 0 Å². The molecule has 0 unspecified atom stereocenters. The zero-order valence-electron chi connectivity index (χ0n) is 17.3. The van der Waals surface area contributed by atoms with Crippen LogP contribution < -0.4 is 0 Å². The molecule has 1 aliphatic rings. The Labute approximate surface area is 169 Å². The Morgan fingerprint density at radius 1 is 0.964 bits per heavy atom. The van der Waals surface area contributed by atoms with Crippen molar-refractivity contribution in [3.8, 4) is 11.1 Å². The Kier molecular flexibility index (Phi) is 7.42. The van der Waals surface area contributed by atoms with Crippen LogP contribution in [-0.2, 0) is 0 Å². The first-order valence-corrected chi connectivity index (χ1v) is 11.1. The third-order valence-electron chi connectivity index (χ3n) is 6.29. The third-order valence-corrected chi connectivity index (χ3v) is 6.29. The van der Waals surface area contributed by atoms with Crippen LogP contribution in [0.5, 0.6) is 0 Å². The number of Topliss-reactive ketones (excluding diaryl/α,β-unsaturated/α-hetero) is 1. The van der Waals surface area contributed by atoms with Gasteiger partial charge in [0.05, 0.1) is 0 Å². The van der Waals surface area contributed by atoms with Gasteiger partial charge in [-0.05, 0) is 61.1 Å². The van der Waals surface area contributed by atoms with Crippen molar-refractivity contribution in [2.24, 2.45) is 5.92 Å². The van der Waals surface area contributed by atoms with Crippen molar-refractivity contribution in [1.29, 1.82) is 0 Å². The SMILES string of the molecule is CCCCC(=O)c1ccc(-c2ccc(C3CCC(CCC)CC3)cc2)c(F)c1. The number of rotatable bonds is 8. The second-order valence-electron chi connectivity index (χ2n) is 8.35. The van der Waals surface area contributed by atoms with Gasteiger partial charge in [-0.1, -0.05) is 69.5 Å². The summed E-state index contributed by atoms with van der Waals surface area (Å²) >= 11 is 0. The minimum atomic E-state index is -0.310. The minimum Gasteiger partial charge on any atom is -0.294 e. The molecule has 3 rings (SSSR count). The second-order valence-corrected chi connectivity index (χ2v) is 8.35. The van der Waals surface area contributed by atoms with Crippen molar-refractivity contribution in [2.45, 2.75) is 77.6 Å². The molecule has 2 aromatic rings. The van der Waals surface area contributed by atoms with Crippen LogP contribution in [0.1, 0.15) is 93.5 Å². The highest BCUT2D eigenvalue weighted by Gasteiger charge is 2.22. The van der Waals surface area contributed by atoms with Crippen LogP contribution in [0.4, 0.5) is 4.39 Å². The van der Waals surface area contributed by atoms with Gasteiger partial charge in [0.25, 0.3) is 0 Å². The van der Waals surface area contributed by atoms with E-state index in [1.54, 1.807) is 12.1 Å². The van der Waals surface area contributed by atoms with Crippen LogP contribution in [0.3, 0.4) is 0 Å². The lowest BCUT2D eigenvalue weighted by Gasteiger charge is -2.28. The molecule has 0 spiro atoms. The van der Waals surface area contributed by atoms with Crippen molar-refractivity contribution in [3.05, 3.63) is 59.4 Å². The predicted molar refractivity (Wildman–Crippen MR) is 115 cm³/mol. The van der Waals surface area contributed by atoms with E-state index >= 15 is 0 Å². The quantitative estimate of drug-likeness (QED) is 0.425. The molecule has 0 saturated heterocycles. The van der Waals surface area contributed by atoms with Crippen LogP contribution in [0.2, 0.25) is 0 Å². The Balaban J connectivity index is 1.67. The van der Waals surface area contributed by atoms with Crippen LogP contribution >= 0.6 is 0 Å². The van der Waals surface area contributed by atoms with Gasteiger partial charge in [-0.25, -0.2) is 4.39 Å². The maximum atomic E-state index is 14.6. The molecule has 1 nitrogen and oxygen atoms in total. The average molecular weight is 381 g/mol. The Morgan fingerprint density at radius 2 is 1.68 bits per heavy atom. The van der Waals surface area contributed by atoms with E-state index in [0.29, 0.717) is 23.5 Å². The molecular formula is C26H33FO. The number of halogens is 1. The molecule has 0 bridgehead atoms. The van der Waals surface area contributed by atoms with Crippen LogP contribution in [0, 0.1) is 11.7 Å². The largest absolute Gasteiger partial charge is 0.294 e. The molecule has 150 valence electrons. The lowest BCUT2D eigenvalue weighted by Crippen LogP contribution is -2.13. The molecule has 0 radical (unpaired) electrons. The van der Waals surface area contributed by atoms with Crippen LogP contribution in [0.25, 0.3) is 11.1 Å². The number of hydrogen-bond donors (Lipinski definition) is 0. The summed E-state index contributed by atoms with van der Waals surface area (Å²) in [5, 5.41) is 0. The lowest BCUT2D eigenvalue weighted by molar-refractivity contribution is 0.0979. The number of hydrogen-bond acceptors (Lipinski definition) is 1. The van der Waals surface area contributed by atoms with Gasteiger partial charge >= 0.3 is 0 Å². The molecule has 1 aliphatic carbocycles. The first-order chi connectivity index (χ1) is 13.6.